The third-order valence-corrected chi connectivity index (χ3v) is 9.02. The lowest BCUT2D eigenvalue weighted by atomic mass is 9.70. The highest BCUT2D eigenvalue weighted by Crippen LogP contribution is 2.61. The molecule has 8 nitrogen and oxygen atoms in total. The van der Waals surface area contributed by atoms with Crippen molar-refractivity contribution in [1.29, 1.82) is 0 Å². The maximum absolute atomic E-state index is 14.7. The number of carbonyl (C=O) groups is 3. The first kappa shape index (κ1) is 26.6. The summed E-state index contributed by atoms with van der Waals surface area (Å²) in [5, 5.41) is 20.7. The Labute approximate surface area is 230 Å². The number of nitrogens with zero attached hydrogens (tertiary/aromatic N) is 2. The van der Waals surface area contributed by atoms with E-state index in [-0.39, 0.29) is 11.4 Å². The van der Waals surface area contributed by atoms with Gasteiger partial charge in [0.15, 0.2) is 0 Å². The second-order valence-corrected chi connectivity index (χ2v) is 11.6. The summed E-state index contributed by atoms with van der Waals surface area (Å²) >= 11 is 3.58. The van der Waals surface area contributed by atoms with Crippen LogP contribution in [0.15, 0.2) is 61.2 Å². The molecular weight excluding hydrogens is 552 g/mol. The lowest BCUT2D eigenvalue weighted by Crippen LogP contribution is -2.57. The van der Waals surface area contributed by atoms with E-state index in [1.807, 2.05) is 38.1 Å². The lowest BCUT2D eigenvalue weighted by Gasteiger charge is -2.39. The van der Waals surface area contributed by atoms with Crippen LogP contribution < -0.4 is 4.90 Å². The highest BCUT2D eigenvalue weighted by Gasteiger charge is 2.77. The molecule has 1 spiro atoms. The van der Waals surface area contributed by atoms with Gasteiger partial charge < -0.3 is 24.7 Å². The summed E-state index contributed by atoms with van der Waals surface area (Å²) in [6.07, 6.45) is 1.18. The van der Waals surface area contributed by atoms with Gasteiger partial charge in [-0.15, -0.1) is 6.58 Å². The van der Waals surface area contributed by atoms with E-state index in [0.29, 0.717) is 17.7 Å². The van der Waals surface area contributed by atoms with Crippen molar-refractivity contribution in [3.63, 3.8) is 0 Å². The first-order valence-corrected chi connectivity index (χ1v) is 13.6. The Bertz CT molecular complexity index is 1290. The van der Waals surface area contributed by atoms with Crippen molar-refractivity contribution in [1.82, 2.24) is 4.90 Å². The Morgan fingerprint density at radius 2 is 1.97 bits per heavy atom. The number of anilines is 1. The van der Waals surface area contributed by atoms with Gasteiger partial charge in [-0.25, -0.2) is 0 Å². The molecule has 9 heteroatoms. The van der Waals surface area contributed by atoms with Crippen LogP contribution in [0.5, 0.6) is 0 Å². The molecule has 3 fully saturated rings. The van der Waals surface area contributed by atoms with Gasteiger partial charge in [0.25, 0.3) is 5.91 Å². The molecule has 0 radical (unpaired) electrons. The summed E-state index contributed by atoms with van der Waals surface area (Å²) in [6, 6.07) is 12.8. The molecule has 3 aliphatic rings. The van der Waals surface area contributed by atoms with Crippen LogP contribution >= 0.6 is 15.9 Å². The summed E-state index contributed by atoms with van der Waals surface area (Å²) in [4.78, 5) is 43.9. The van der Waals surface area contributed by atoms with Crippen molar-refractivity contribution in [2.75, 3.05) is 18.1 Å². The molecule has 2 aromatic rings. The number of aliphatic carboxylic acids is 1. The number of aliphatic hydroxyl groups excluding tert-OH is 1. The molecule has 1 unspecified atom stereocenters. The maximum atomic E-state index is 14.7. The van der Waals surface area contributed by atoms with Crippen molar-refractivity contribution >= 4 is 39.4 Å². The van der Waals surface area contributed by atoms with Crippen LogP contribution in [0, 0.1) is 25.7 Å². The van der Waals surface area contributed by atoms with Gasteiger partial charge in [-0.1, -0.05) is 64.5 Å². The maximum Gasteiger partial charge on any atom is 0.310 e. The fraction of sp³-hybridized carbons (Fsp3) is 0.414. The van der Waals surface area contributed by atoms with Gasteiger partial charge in [0.1, 0.15) is 11.6 Å². The van der Waals surface area contributed by atoms with E-state index in [0.717, 1.165) is 11.1 Å². The molecule has 38 heavy (non-hydrogen) atoms. The molecule has 2 bridgehead atoms. The van der Waals surface area contributed by atoms with Crippen molar-refractivity contribution in [3.05, 3.63) is 77.9 Å². The van der Waals surface area contributed by atoms with Crippen molar-refractivity contribution < 1.29 is 29.3 Å². The van der Waals surface area contributed by atoms with Crippen LogP contribution in [0.4, 0.5) is 5.69 Å². The Hall–Kier alpha value is -3.01. The van der Waals surface area contributed by atoms with Gasteiger partial charge >= 0.3 is 5.97 Å². The summed E-state index contributed by atoms with van der Waals surface area (Å²) in [7, 11) is 0. The number of halogens is 1. The van der Waals surface area contributed by atoms with E-state index >= 15 is 0 Å². The fourth-order valence-electron chi connectivity index (χ4n) is 6.59. The van der Waals surface area contributed by atoms with Gasteiger partial charge in [-0.2, -0.15) is 0 Å². The predicted molar refractivity (Wildman–Crippen MR) is 145 cm³/mol. The van der Waals surface area contributed by atoms with Gasteiger partial charge in [-0.05, 0) is 43.0 Å². The molecular formula is C29H31BrN2O6. The first-order chi connectivity index (χ1) is 18.2. The quantitative estimate of drug-likeness (QED) is 0.365. The third-order valence-electron chi connectivity index (χ3n) is 8.17. The summed E-state index contributed by atoms with van der Waals surface area (Å²) in [5.74, 6) is -4.17. The van der Waals surface area contributed by atoms with Crippen LogP contribution in [0.1, 0.15) is 29.2 Å². The Morgan fingerprint density at radius 1 is 1.26 bits per heavy atom. The highest BCUT2D eigenvalue weighted by molar-refractivity contribution is 9.09. The smallest absolute Gasteiger partial charge is 0.310 e. The SMILES string of the molecule is C=CCN(C(=O)[C@H]1N([C@H](CO)c2ccccc2)C(=O)[C@@H]2[C@@H](C(=O)O)[C@@H]3O[C@@]21CC3Br)c1cc(C)ccc1C. The average molecular weight is 583 g/mol. The number of hydrogen-bond acceptors (Lipinski definition) is 5. The number of carboxylic acid groups (broad SMARTS) is 1. The average Bonchev–Trinajstić information content (AvgIpc) is 3.49. The van der Waals surface area contributed by atoms with Gasteiger partial charge in [0.2, 0.25) is 5.91 Å². The number of likely N-dealkylation sites (tertiary alicyclic amines) is 1. The Balaban J connectivity index is 1.69. The predicted octanol–water partition coefficient (Wildman–Crippen LogP) is 3.39. The number of alkyl halides is 1. The molecule has 2 amide bonds. The molecule has 5 rings (SSSR count). The van der Waals surface area contributed by atoms with E-state index in [4.69, 9.17) is 4.74 Å². The molecule has 3 heterocycles. The number of benzene rings is 2. The highest BCUT2D eigenvalue weighted by atomic mass is 79.9. The number of ether oxygens (including phenoxy) is 1. The van der Waals surface area contributed by atoms with Crippen LogP contribution in [0.25, 0.3) is 0 Å². The zero-order valence-electron chi connectivity index (χ0n) is 21.3. The Kier molecular flexibility index (Phi) is 6.96. The summed E-state index contributed by atoms with van der Waals surface area (Å²) < 4.78 is 6.41. The number of amides is 2. The number of hydrogen-bond donors (Lipinski definition) is 2. The second kappa shape index (κ2) is 9.94. The standard InChI is InChI=1S/C29H31BrN2O6/c1-4-12-31(20-13-16(2)10-11-17(20)3)27(35)25-29-14-19(30)24(38-29)22(28(36)37)23(29)26(34)32(25)21(15-33)18-8-6-5-7-9-18/h4-11,13,19,21-25,33H,1,12,14-15H2,2-3H3,(H,36,37)/t19?,21-,22-,23+,24-,25-,29+/m1/s1. The van der Waals surface area contributed by atoms with Crippen LogP contribution in [-0.2, 0) is 19.1 Å². The second-order valence-electron chi connectivity index (χ2n) is 10.4. The number of carbonyl (C=O) groups excluding carboxylic acids is 2. The molecule has 2 N–H and O–H groups in total. The molecule has 0 saturated carbocycles. The minimum Gasteiger partial charge on any atom is -0.481 e. The fourth-order valence-corrected chi connectivity index (χ4v) is 7.53. The molecule has 3 saturated heterocycles. The van der Waals surface area contributed by atoms with Crippen LogP contribution in [-0.4, -0.2) is 68.6 Å². The zero-order chi connectivity index (χ0) is 27.4. The van der Waals surface area contributed by atoms with E-state index in [9.17, 15) is 24.6 Å². The molecule has 3 aliphatic heterocycles. The molecule has 2 aromatic carbocycles. The molecule has 200 valence electrons. The summed E-state index contributed by atoms with van der Waals surface area (Å²) in [5.41, 5.74) is 1.81. The monoisotopic (exact) mass is 582 g/mol. The van der Waals surface area contributed by atoms with E-state index in [1.54, 1.807) is 35.2 Å². The van der Waals surface area contributed by atoms with Crippen LogP contribution in [0.3, 0.4) is 0 Å². The number of carboxylic acids is 1. The number of fused-ring (bicyclic) bond motifs is 1. The van der Waals surface area contributed by atoms with Crippen molar-refractivity contribution in [2.45, 2.75) is 48.9 Å². The summed E-state index contributed by atoms with van der Waals surface area (Å²) in [6.45, 7) is 7.43. The number of aliphatic hydroxyl groups is 1. The third kappa shape index (κ3) is 3.90. The largest absolute Gasteiger partial charge is 0.481 e. The zero-order valence-corrected chi connectivity index (χ0v) is 22.9. The number of aryl methyl sites for hydroxylation is 2. The van der Waals surface area contributed by atoms with E-state index in [1.165, 1.54) is 4.90 Å². The van der Waals surface area contributed by atoms with Gasteiger partial charge in [0, 0.05) is 17.1 Å². The Morgan fingerprint density at radius 3 is 2.61 bits per heavy atom. The topological polar surface area (TPSA) is 107 Å². The van der Waals surface area contributed by atoms with Crippen molar-refractivity contribution in [2.24, 2.45) is 11.8 Å². The first-order valence-electron chi connectivity index (χ1n) is 12.7. The van der Waals surface area contributed by atoms with Gasteiger partial charge in [0.05, 0.1) is 30.6 Å². The van der Waals surface area contributed by atoms with E-state index < -0.39 is 60.0 Å². The number of rotatable bonds is 8. The van der Waals surface area contributed by atoms with E-state index in [2.05, 4.69) is 22.5 Å². The van der Waals surface area contributed by atoms with Crippen molar-refractivity contribution in [3.8, 4) is 0 Å². The van der Waals surface area contributed by atoms with Crippen LogP contribution in [0.2, 0.25) is 0 Å². The molecule has 0 aromatic heterocycles. The lowest BCUT2D eigenvalue weighted by molar-refractivity contribution is -0.151. The minimum absolute atomic E-state index is 0.182. The normalized spacial score (nSPS) is 30.3. The molecule has 0 aliphatic carbocycles. The minimum atomic E-state index is -1.35. The molecule has 7 atom stereocenters. The van der Waals surface area contributed by atoms with Gasteiger partial charge in [-0.3, -0.25) is 14.4 Å².